The third kappa shape index (κ3) is 2.01. The van der Waals surface area contributed by atoms with E-state index in [1.54, 1.807) is 11.8 Å². The van der Waals surface area contributed by atoms with Gasteiger partial charge in [0.25, 0.3) is 0 Å². The van der Waals surface area contributed by atoms with Crippen molar-refractivity contribution in [2.24, 2.45) is 7.05 Å². The second-order valence-corrected chi connectivity index (χ2v) is 4.58. The summed E-state index contributed by atoms with van der Waals surface area (Å²) >= 11 is 1.58. The molecule has 2 aromatic rings. The Hall–Kier alpha value is -1.00. The summed E-state index contributed by atoms with van der Waals surface area (Å²) in [5.74, 6) is 0.691. The van der Waals surface area contributed by atoms with Crippen molar-refractivity contribution >= 4 is 22.8 Å². The lowest BCUT2D eigenvalue weighted by Crippen LogP contribution is -1.93. The predicted octanol–water partition coefficient (Wildman–Crippen LogP) is 1.97. The maximum absolute atomic E-state index is 8.78. The van der Waals surface area contributed by atoms with Crippen LogP contribution in [0.15, 0.2) is 23.4 Å². The van der Waals surface area contributed by atoms with Gasteiger partial charge < -0.3 is 9.67 Å². The molecule has 0 bridgehead atoms. The zero-order valence-corrected chi connectivity index (χ0v) is 9.71. The minimum absolute atomic E-state index is 0.187. The number of thioether (sulfide) groups is 1. The number of hydrogen-bond acceptors (Lipinski definition) is 3. The van der Waals surface area contributed by atoms with Crippen molar-refractivity contribution in [3.63, 3.8) is 0 Å². The lowest BCUT2D eigenvalue weighted by molar-refractivity contribution is 0.322. The van der Waals surface area contributed by atoms with Gasteiger partial charge in [0.05, 0.1) is 17.6 Å². The summed E-state index contributed by atoms with van der Waals surface area (Å²) in [7, 11) is 2.00. The van der Waals surface area contributed by atoms with Crippen LogP contribution in [0.4, 0.5) is 0 Å². The molecule has 0 spiro atoms. The van der Waals surface area contributed by atoms with Crippen LogP contribution in [0.1, 0.15) is 5.56 Å². The van der Waals surface area contributed by atoms with E-state index in [0.29, 0.717) is 5.75 Å². The minimum atomic E-state index is 0.187. The molecule has 4 heteroatoms. The standard InChI is InChI=1S/C11H14N2OS/c1-8-3-4-10-9(7-8)12-11(13(10)2)15-6-5-14/h3-4,7,14H,5-6H2,1-2H3. The smallest absolute Gasteiger partial charge is 0.168 e. The number of benzene rings is 1. The van der Waals surface area contributed by atoms with Crippen LogP contribution in [0.2, 0.25) is 0 Å². The van der Waals surface area contributed by atoms with Gasteiger partial charge in [-0.25, -0.2) is 4.98 Å². The van der Waals surface area contributed by atoms with Crippen LogP contribution in [0.25, 0.3) is 11.0 Å². The van der Waals surface area contributed by atoms with E-state index < -0.39 is 0 Å². The molecule has 0 unspecified atom stereocenters. The highest BCUT2D eigenvalue weighted by Crippen LogP contribution is 2.23. The zero-order chi connectivity index (χ0) is 10.8. The predicted molar refractivity (Wildman–Crippen MR) is 63.3 cm³/mol. The van der Waals surface area contributed by atoms with E-state index in [2.05, 4.69) is 34.7 Å². The number of rotatable bonds is 3. The van der Waals surface area contributed by atoms with E-state index >= 15 is 0 Å². The molecule has 1 N–H and O–H groups in total. The van der Waals surface area contributed by atoms with Gasteiger partial charge in [-0.1, -0.05) is 17.8 Å². The molecule has 0 saturated heterocycles. The number of nitrogens with zero attached hydrogens (tertiary/aromatic N) is 2. The summed E-state index contributed by atoms with van der Waals surface area (Å²) < 4.78 is 2.06. The lowest BCUT2D eigenvalue weighted by atomic mass is 10.2. The molecular weight excluding hydrogens is 208 g/mol. The molecule has 0 aliphatic heterocycles. The van der Waals surface area contributed by atoms with Crippen LogP contribution in [0, 0.1) is 6.92 Å². The molecule has 1 aromatic carbocycles. The van der Waals surface area contributed by atoms with Gasteiger partial charge in [-0.2, -0.15) is 0 Å². The third-order valence-electron chi connectivity index (χ3n) is 2.32. The topological polar surface area (TPSA) is 38.1 Å². The molecule has 1 aromatic heterocycles. The van der Waals surface area contributed by atoms with Gasteiger partial charge in [-0.3, -0.25) is 0 Å². The first-order chi connectivity index (χ1) is 7.22. The maximum atomic E-state index is 8.78. The Morgan fingerprint density at radius 2 is 2.27 bits per heavy atom. The SMILES string of the molecule is Cc1ccc2c(c1)nc(SCCO)n2C. The fourth-order valence-corrected chi connectivity index (χ4v) is 2.28. The van der Waals surface area contributed by atoms with Crippen LogP contribution in [-0.4, -0.2) is 27.0 Å². The number of aryl methyl sites for hydroxylation is 2. The third-order valence-corrected chi connectivity index (χ3v) is 3.33. The van der Waals surface area contributed by atoms with Crippen molar-refractivity contribution in [2.75, 3.05) is 12.4 Å². The minimum Gasteiger partial charge on any atom is -0.396 e. The normalized spacial score (nSPS) is 11.1. The van der Waals surface area contributed by atoms with Crippen molar-refractivity contribution in [1.29, 1.82) is 0 Å². The van der Waals surface area contributed by atoms with Crippen LogP contribution in [0.3, 0.4) is 0 Å². The van der Waals surface area contributed by atoms with Gasteiger partial charge in [0.2, 0.25) is 0 Å². The Balaban J connectivity index is 2.44. The van der Waals surface area contributed by atoms with Crippen LogP contribution < -0.4 is 0 Å². The molecule has 0 atom stereocenters. The molecule has 0 amide bonds. The molecule has 0 fully saturated rings. The van der Waals surface area contributed by atoms with E-state index in [-0.39, 0.29) is 6.61 Å². The summed E-state index contributed by atoms with van der Waals surface area (Å²) in [6, 6.07) is 6.25. The van der Waals surface area contributed by atoms with E-state index in [1.165, 1.54) is 5.56 Å². The van der Waals surface area contributed by atoms with Crippen molar-refractivity contribution in [2.45, 2.75) is 12.1 Å². The fraction of sp³-hybridized carbons (Fsp3) is 0.364. The Bertz CT molecular complexity index is 479. The zero-order valence-electron chi connectivity index (χ0n) is 8.90. The lowest BCUT2D eigenvalue weighted by Gasteiger charge is -1.99. The summed E-state index contributed by atoms with van der Waals surface area (Å²) in [5, 5.41) is 9.74. The van der Waals surface area contributed by atoms with Gasteiger partial charge >= 0.3 is 0 Å². The first-order valence-electron chi connectivity index (χ1n) is 4.89. The highest BCUT2D eigenvalue weighted by molar-refractivity contribution is 7.99. The van der Waals surface area contributed by atoms with E-state index in [9.17, 15) is 0 Å². The summed E-state index contributed by atoms with van der Waals surface area (Å²) in [4.78, 5) is 4.53. The van der Waals surface area contributed by atoms with Crippen LogP contribution in [0.5, 0.6) is 0 Å². The summed E-state index contributed by atoms with van der Waals surface area (Å²) in [6.07, 6.45) is 0. The maximum Gasteiger partial charge on any atom is 0.168 e. The van der Waals surface area contributed by atoms with Crippen molar-refractivity contribution in [1.82, 2.24) is 9.55 Å². The molecule has 0 aliphatic carbocycles. The molecule has 80 valence electrons. The van der Waals surface area contributed by atoms with Gasteiger partial charge in [-0.05, 0) is 24.6 Å². The molecule has 0 radical (unpaired) electrons. The highest BCUT2D eigenvalue weighted by Gasteiger charge is 2.07. The van der Waals surface area contributed by atoms with Crippen molar-refractivity contribution in [3.05, 3.63) is 23.8 Å². The largest absolute Gasteiger partial charge is 0.396 e. The van der Waals surface area contributed by atoms with Gasteiger partial charge in [0.15, 0.2) is 5.16 Å². The van der Waals surface area contributed by atoms with Crippen molar-refractivity contribution < 1.29 is 5.11 Å². The van der Waals surface area contributed by atoms with Crippen LogP contribution in [-0.2, 0) is 7.05 Å². The Morgan fingerprint density at radius 3 is 3.00 bits per heavy atom. The van der Waals surface area contributed by atoms with Crippen LogP contribution >= 0.6 is 11.8 Å². The van der Waals surface area contributed by atoms with E-state index in [1.807, 2.05) is 7.05 Å². The molecule has 15 heavy (non-hydrogen) atoms. The number of aromatic nitrogens is 2. The fourth-order valence-electron chi connectivity index (χ4n) is 1.55. The Kier molecular flexibility index (Phi) is 2.98. The highest BCUT2D eigenvalue weighted by atomic mass is 32.2. The monoisotopic (exact) mass is 222 g/mol. The van der Waals surface area contributed by atoms with E-state index in [0.717, 1.165) is 16.2 Å². The first-order valence-corrected chi connectivity index (χ1v) is 5.87. The van der Waals surface area contributed by atoms with Gasteiger partial charge in [0.1, 0.15) is 0 Å². The first kappa shape index (κ1) is 10.5. The van der Waals surface area contributed by atoms with Gasteiger partial charge in [0, 0.05) is 12.8 Å². The summed E-state index contributed by atoms with van der Waals surface area (Å²) in [6.45, 7) is 2.25. The summed E-state index contributed by atoms with van der Waals surface area (Å²) in [5.41, 5.74) is 3.39. The Morgan fingerprint density at radius 1 is 1.47 bits per heavy atom. The number of fused-ring (bicyclic) bond motifs is 1. The second-order valence-electron chi connectivity index (χ2n) is 3.52. The second kappa shape index (κ2) is 4.24. The average molecular weight is 222 g/mol. The number of aliphatic hydroxyl groups is 1. The van der Waals surface area contributed by atoms with Crippen molar-refractivity contribution in [3.8, 4) is 0 Å². The number of aliphatic hydroxyl groups excluding tert-OH is 1. The number of hydrogen-bond donors (Lipinski definition) is 1. The molecule has 3 nitrogen and oxygen atoms in total. The van der Waals surface area contributed by atoms with Gasteiger partial charge in [-0.15, -0.1) is 0 Å². The Labute approximate surface area is 93.1 Å². The molecule has 0 saturated carbocycles. The average Bonchev–Trinajstić information content (AvgIpc) is 2.52. The molecule has 0 aliphatic rings. The molecular formula is C11H14N2OS. The molecule has 1 heterocycles. The molecule has 2 rings (SSSR count). The van der Waals surface area contributed by atoms with E-state index in [4.69, 9.17) is 5.11 Å². The quantitative estimate of drug-likeness (QED) is 0.807. The number of imidazole rings is 1.